The summed E-state index contributed by atoms with van der Waals surface area (Å²) in [4.78, 5) is 24.0. The van der Waals surface area contributed by atoms with E-state index in [9.17, 15) is 14.7 Å². The smallest absolute Gasteiger partial charge is 0.407 e. The SMILES string of the molecule is C[C@@H](OC(C)(C)C)C(NC(=O)OCC1c2ccccc2-c2ccccc21)C(=O)O. The van der Waals surface area contributed by atoms with Gasteiger partial charge in [-0.3, -0.25) is 0 Å². The number of carboxylic acids is 1. The van der Waals surface area contributed by atoms with E-state index in [1.54, 1.807) is 6.92 Å². The molecule has 154 valence electrons. The predicted octanol–water partition coefficient (Wildman–Crippen LogP) is 4.18. The number of fused-ring (bicyclic) bond motifs is 3. The minimum Gasteiger partial charge on any atom is -0.480 e. The highest BCUT2D eigenvalue weighted by Crippen LogP contribution is 2.44. The molecule has 0 bridgehead atoms. The van der Waals surface area contributed by atoms with Crippen LogP contribution in [0.3, 0.4) is 0 Å². The molecule has 0 spiro atoms. The minimum atomic E-state index is -1.20. The van der Waals surface area contributed by atoms with Gasteiger partial charge in [0.1, 0.15) is 6.61 Å². The third-order valence-electron chi connectivity index (χ3n) is 4.89. The number of aliphatic carboxylic acids is 1. The molecule has 2 aromatic rings. The number of hydrogen-bond acceptors (Lipinski definition) is 4. The third kappa shape index (κ3) is 4.77. The molecule has 1 amide bonds. The van der Waals surface area contributed by atoms with Gasteiger partial charge in [0.05, 0.1) is 11.7 Å². The van der Waals surface area contributed by atoms with Crippen molar-refractivity contribution >= 4 is 12.1 Å². The largest absolute Gasteiger partial charge is 0.480 e. The van der Waals surface area contributed by atoms with Crippen LogP contribution in [0.25, 0.3) is 11.1 Å². The molecule has 2 N–H and O–H groups in total. The zero-order chi connectivity index (χ0) is 21.2. The van der Waals surface area contributed by atoms with Crippen LogP contribution < -0.4 is 5.32 Å². The molecule has 0 saturated carbocycles. The number of rotatable bonds is 6. The minimum absolute atomic E-state index is 0.0836. The van der Waals surface area contributed by atoms with Crippen LogP contribution in [0.15, 0.2) is 48.5 Å². The Balaban J connectivity index is 1.68. The van der Waals surface area contributed by atoms with E-state index in [-0.39, 0.29) is 12.5 Å². The topological polar surface area (TPSA) is 84.9 Å². The average molecular weight is 397 g/mol. The maximum Gasteiger partial charge on any atom is 0.407 e. The lowest BCUT2D eigenvalue weighted by molar-refractivity contribution is -0.147. The van der Waals surface area contributed by atoms with Gasteiger partial charge in [0.2, 0.25) is 0 Å². The van der Waals surface area contributed by atoms with Crippen LogP contribution >= 0.6 is 0 Å². The molecule has 0 heterocycles. The van der Waals surface area contributed by atoms with Crippen molar-refractivity contribution in [2.24, 2.45) is 0 Å². The summed E-state index contributed by atoms with van der Waals surface area (Å²) in [5.41, 5.74) is 3.93. The highest BCUT2D eigenvalue weighted by Gasteiger charge is 2.32. The number of hydrogen-bond donors (Lipinski definition) is 2. The van der Waals surface area contributed by atoms with E-state index in [0.29, 0.717) is 0 Å². The predicted molar refractivity (Wildman–Crippen MR) is 110 cm³/mol. The van der Waals surface area contributed by atoms with E-state index < -0.39 is 29.8 Å². The number of benzene rings is 2. The Morgan fingerprint density at radius 3 is 2.03 bits per heavy atom. The first kappa shape index (κ1) is 20.9. The van der Waals surface area contributed by atoms with Crippen molar-refractivity contribution in [1.82, 2.24) is 5.32 Å². The van der Waals surface area contributed by atoms with Gasteiger partial charge in [-0.2, -0.15) is 0 Å². The lowest BCUT2D eigenvalue weighted by Crippen LogP contribution is -2.50. The summed E-state index contributed by atoms with van der Waals surface area (Å²) >= 11 is 0. The normalized spacial score (nSPS) is 15.2. The van der Waals surface area contributed by atoms with Crippen molar-refractivity contribution in [2.75, 3.05) is 6.61 Å². The summed E-state index contributed by atoms with van der Waals surface area (Å²) in [5.74, 6) is -1.25. The first-order valence-corrected chi connectivity index (χ1v) is 9.69. The van der Waals surface area contributed by atoms with E-state index in [0.717, 1.165) is 22.3 Å². The number of carbonyl (C=O) groups is 2. The van der Waals surface area contributed by atoms with Crippen LogP contribution in [0.2, 0.25) is 0 Å². The molecule has 1 aliphatic carbocycles. The van der Waals surface area contributed by atoms with Crippen LogP contribution in [0.4, 0.5) is 4.79 Å². The molecule has 29 heavy (non-hydrogen) atoms. The number of carboxylic acid groups (broad SMARTS) is 1. The molecule has 3 rings (SSSR count). The molecule has 0 aliphatic heterocycles. The molecular weight excluding hydrogens is 370 g/mol. The molecule has 0 fully saturated rings. The van der Waals surface area contributed by atoms with E-state index in [4.69, 9.17) is 9.47 Å². The quantitative estimate of drug-likeness (QED) is 0.764. The van der Waals surface area contributed by atoms with E-state index in [2.05, 4.69) is 17.4 Å². The van der Waals surface area contributed by atoms with Crippen molar-refractivity contribution in [3.05, 3.63) is 59.7 Å². The number of carbonyl (C=O) groups excluding carboxylic acids is 1. The van der Waals surface area contributed by atoms with Crippen LogP contribution in [0.5, 0.6) is 0 Å². The lowest BCUT2D eigenvalue weighted by Gasteiger charge is -2.29. The van der Waals surface area contributed by atoms with E-state index >= 15 is 0 Å². The molecule has 0 radical (unpaired) electrons. The van der Waals surface area contributed by atoms with Crippen molar-refractivity contribution < 1.29 is 24.2 Å². The fourth-order valence-corrected chi connectivity index (χ4v) is 3.77. The number of ether oxygens (including phenoxy) is 2. The number of nitrogens with one attached hydrogen (secondary N) is 1. The summed E-state index contributed by atoms with van der Waals surface area (Å²) in [6.45, 7) is 7.23. The van der Waals surface area contributed by atoms with E-state index in [1.165, 1.54) is 0 Å². The second kappa shape index (κ2) is 8.25. The number of amides is 1. The molecule has 6 nitrogen and oxygen atoms in total. The summed E-state index contributed by atoms with van der Waals surface area (Å²) in [7, 11) is 0. The average Bonchev–Trinajstić information content (AvgIpc) is 2.96. The van der Waals surface area contributed by atoms with Gasteiger partial charge in [-0.15, -0.1) is 0 Å². The second-order valence-corrected chi connectivity index (χ2v) is 8.22. The molecule has 2 atom stereocenters. The molecule has 2 aromatic carbocycles. The lowest BCUT2D eigenvalue weighted by atomic mass is 9.98. The first-order chi connectivity index (χ1) is 13.7. The molecule has 6 heteroatoms. The standard InChI is InChI=1S/C23H27NO5/c1-14(29-23(2,3)4)20(21(25)26)24-22(27)28-13-19-17-11-7-5-9-15(17)16-10-6-8-12-18(16)19/h5-12,14,19-20H,13H2,1-4H3,(H,24,27)(H,25,26)/t14-,20?/m1/s1. The molecule has 0 saturated heterocycles. The summed E-state index contributed by atoms with van der Waals surface area (Å²) in [6.07, 6.45) is -1.49. The Morgan fingerprint density at radius 1 is 1.03 bits per heavy atom. The van der Waals surface area contributed by atoms with Crippen molar-refractivity contribution in [2.45, 2.75) is 51.4 Å². The Bertz CT molecular complexity index is 857. The fourth-order valence-electron chi connectivity index (χ4n) is 3.77. The van der Waals surface area contributed by atoms with Gasteiger partial charge in [0.25, 0.3) is 0 Å². The highest BCUT2D eigenvalue weighted by atomic mass is 16.6. The van der Waals surface area contributed by atoms with Gasteiger partial charge >= 0.3 is 12.1 Å². The van der Waals surface area contributed by atoms with Crippen LogP contribution in [-0.4, -0.2) is 41.5 Å². The summed E-state index contributed by atoms with van der Waals surface area (Å²) in [5, 5.41) is 11.9. The maximum atomic E-state index is 12.4. The Hall–Kier alpha value is -2.86. The summed E-state index contributed by atoms with van der Waals surface area (Å²) < 4.78 is 11.1. The Labute approximate surface area is 170 Å². The molecule has 0 aromatic heterocycles. The Morgan fingerprint density at radius 2 is 1.55 bits per heavy atom. The van der Waals surface area contributed by atoms with Crippen LogP contribution in [-0.2, 0) is 14.3 Å². The fraction of sp³-hybridized carbons (Fsp3) is 0.391. The third-order valence-corrected chi connectivity index (χ3v) is 4.89. The van der Waals surface area contributed by atoms with Gasteiger partial charge in [-0.05, 0) is 49.9 Å². The molecule has 1 aliphatic rings. The van der Waals surface area contributed by atoms with Gasteiger partial charge < -0.3 is 19.9 Å². The Kier molecular flexibility index (Phi) is 5.94. The van der Waals surface area contributed by atoms with Crippen molar-refractivity contribution in [3.63, 3.8) is 0 Å². The maximum absolute atomic E-state index is 12.4. The van der Waals surface area contributed by atoms with Crippen molar-refractivity contribution in [3.8, 4) is 11.1 Å². The zero-order valence-corrected chi connectivity index (χ0v) is 17.1. The molecular formula is C23H27NO5. The van der Waals surface area contributed by atoms with Gasteiger partial charge in [0, 0.05) is 5.92 Å². The highest BCUT2D eigenvalue weighted by molar-refractivity contribution is 5.81. The number of alkyl carbamates (subject to hydrolysis) is 1. The monoisotopic (exact) mass is 397 g/mol. The second-order valence-electron chi connectivity index (χ2n) is 8.22. The zero-order valence-electron chi connectivity index (χ0n) is 17.1. The van der Waals surface area contributed by atoms with Gasteiger partial charge in [0.15, 0.2) is 6.04 Å². The van der Waals surface area contributed by atoms with Gasteiger partial charge in [-0.25, -0.2) is 9.59 Å². The first-order valence-electron chi connectivity index (χ1n) is 9.69. The summed E-state index contributed by atoms with van der Waals surface area (Å²) in [6, 6.07) is 14.9. The van der Waals surface area contributed by atoms with Crippen molar-refractivity contribution in [1.29, 1.82) is 0 Å². The van der Waals surface area contributed by atoms with Crippen LogP contribution in [0.1, 0.15) is 44.7 Å². The van der Waals surface area contributed by atoms with Gasteiger partial charge in [-0.1, -0.05) is 48.5 Å². The van der Waals surface area contributed by atoms with E-state index in [1.807, 2.05) is 57.2 Å². The molecule has 1 unspecified atom stereocenters. The van der Waals surface area contributed by atoms with Crippen LogP contribution in [0, 0.1) is 0 Å².